The molecule has 0 aliphatic carbocycles. The lowest BCUT2D eigenvalue weighted by atomic mass is 10.1. The van der Waals surface area contributed by atoms with Crippen LogP contribution in [0.1, 0.15) is 12.5 Å². The third-order valence-electron chi connectivity index (χ3n) is 3.56. The van der Waals surface area contributed by atoms with Gasteiger partial charge < -0.3 is 15.2 Å². The van der Waals surface area contributed by atoms with E-state index in [0.717, 1.165) is 0 Å². The van der Waals surface area contributed by atoms with E-state index in [2.05, 4.69) is 5.32 Å². The number of phenols is 1. The van der Waals surface area contributed by atoms with Gasteiger partial charge in [0.25, 0.3) is 5.56 Å². The summed E-state index contributed by atoms with van der Waals surface area (Å²) >= 11 is 0. The van der Waals surface area contributed by atoms with Crippen LogP contribution in [0.5, 0.6) is 5.75 Å². The number of phenolic OH excluding ortho intramolecular Hbond substituents is 1. The number of esters is 1. The van der Waals surface area contributed by atoms with Crippen LogP contribution in [0.4, 0.5) is 4.39 Å². The van der Waals surface area contributed by atoms with Gasteiger partial charge in [0, 0.05) is 6.42 Å². The van der Waals surface area contributed by atoms with Crippen molar-refractivity contribution in [2.24, 2.45) is 0 Å². The van der Waals surface area contributed by atoms with Gasteiger partial charge in [-0.1, -0.05) is 12.1 Å². The lowest BCUT2D eigenvalue weighted by Gasteiger charge is -2.18. The number of aromatic hydroxyl groups is 1. The number of benzene rings is 1. The predicted molar refractivity (Wildman–Crippen MR) is 91.7 cm³/mol. The van der Waals surface area contributed by atoms with Gasteiger partial charge in [0.2, 0.25) is 11.7 Å². The Morgan fingerprint density at radius 1 is 1.30 bits per heavy atom. The van der Waals surface area contributed by atoms with Crippen molar-refractivity contribution in [2.45, 2.75) is 25.9 Å². The summed E-state index contributed by atoms with van der Waals surface area (Å²) in [5.74, 6) is -2.59. The summed E-state index contributed by atoms with van der Waals surface area (Å²) in [7, 11) is 0. The highest BCUT2D eigenvalue weighted by Crippen LogP contribution is 2.12. The van der Waals surface area contributed by atoms with E-state index in [1.54, 1.807) is 24.0 Å². The summed E-state index contributed by atoms with van der Waals surface area (Å²) in [6.07, 6.45) is 0.694. The van der Waals surface area contributed by atoms with Gasteiger partial charge in [-0.25, -0.2) is 9.59 Å². The highest BCUT2D eigenvalue weighted by atomic mass is 19.1. The Morgan fingerprint density at radius 3 is 2.59 bits per heavy atom. The number of hydrogen-bond acceptors (Lipinski definition) is 6. The molecule has 0 saturated carbocycles. The number of ether oxygens (including phenoxy) is 1. The molecule has 0 saturated heterocycles. The fraction of sp³-hybridized carbons (Fsp3) is 0.294. The van der Waals surface area contributed by atoms with Gasteiger partial charge in [-0.15, -0.1) is 0 Å². The van der Waals surface area contributed by atoms with Gasteiger partial charge in [-0.3, -0.25) is 19.1 Å². The molecule has 3 N–H and O–H groups in total. The van der Waals surface area contributed by atoms with E-state index in [-0.39, 0.29) is 18.8 Å². The average molecular weight is 379 g/mol. The fourth-order valence-electron chi connectivity index (χ4n) is 2.30. The molecule has 0 bridgehead atoms. The van der Waals surface area contributed by atoms with Crippen molar-refractivity contribution in [2.75, 3.05) is 6.61 Å². The van der Waals surface area contributed by atoms with Gasteiger partial charge in [0.1, 0.15) is 18.3 Å². The first kappa shape index (κ1) is 19.9. The second-order valence-electron chi connectivity index (χ2n) is 5.61. The van der Waals surface area contributed by atoms with Crippen LogP contribution in [-0.2, 0) is 27.3 Å². The Kier molecular flexibility index (Phi) is 6.47. The maximum atomic E-state index is 13.3. The quantitative estimate of drug-likeness (QED) is 0.565. The number of hydrogen-bond donors (Lipinski definition) is 3. The van der Waals surface area contributed by atoms with Crippen molar-refractivity contribution in [3.05, 3.63) is 62.7 Å². The molecular formula is C17H18FN3O6. The van der Waals surface area contributed by atoms with Crippen LogP contribution in [-0.4, -0.2) is 39.2 Å². The molecular weight excluding hydrogens is 361 g/mol. The van der Waals surface area contributed by atoms with Gasteiger partial charge in [-0.2, -0.15) is 4.39 Å². The summed E-state index contributed by atoms with van der Waals surface area (Å²) in [6.45, 7) is 1.11. The SMILES string of the molecule is CCOC(=O)[C@@H](Cc1ccc(O)cc1)NC(=O)Cn1cc(F)c(=O)[nH]c1=O. The Bertz CT molecular complexity index is 935. The maximum Gasteiger partial charge on any atom is 0.328 e. The molecule has 144 valence electrons. The van der Waals surface area contributed by atoms with Crippen LogP contribution in [0.2, 0.25) is 0 Å². The summed E-state index contributed by atoms with van der Waals surface area (Å²) in [6, 6.07) is 4.97. The van der Waals surface area contributed by atoms with Crippen LogP contribution in [0.3, 0.4) is 0 Å². The Balaban J connectivity index is 2.14. The molecule has 1 heterocycles. The van der Waals surface area contributed by atoms with Crippen LogP contribution in [0, 0.1) is 5.82 Å². The summed E-state index contributed by atoms with van der Waals surface area (Å²) in [5.41, 5.74) is -1.49. The lowest BCUT2D eigenvalue weighted by molar-refractivity contribution is -0.147. The van der Waals surface area contributed by atoms with Crippen molar-refractivity contribution < 1.29 is 23.8 Å². The molecule has 0 aliphatic heterocycles. The van der Waals surface area contributed by atoms with Gasteiger partial charge in [0.15, 0.2) is 0 Å². The van der Waals surface area contributed by atoms with Crippen molar-refractivity contribution in [1.29, 1.82) is 0 Å². The average Bonchev–Trinajstić information content (AvgIpc) is 2.61. The fourth-order valence-corrected chi connectivity index (χ4v) is 2.30. The normalized spacial score (nSPS) is 11.6. The third-order valence-corrected chi connectivity index (χ3v) is 3.56. The number of carbonyl (C=O) groups excluding carboxylic acids is 2. The minimum Gasteiger partial charge on any atom is -0.508 e. The minimum atomic E-state index is -1.21. The number of nitrogens with zero attached hydrogens (tertiary/aromatic N) is 1. The van der Waals surface area contributed by atoms with Crippen molar-refractivity contribution in [3.8, 4) is 5.75 Å². The summed E-state index contributed by atoms with van der Waals surface area (Å²) < 4.78 is 18.9. The third kappa shape index (κ3) is 5.53. The molecule has 1 amide bonds. The van der Waals surface area contributed by atoms with Crippen LogP contribution in [0.25, 0.3) is 0 Å². The lowest BCUT2D eigenvalue weighted by Crippen LogP contribution is -2.46. The van der Waals surface area contributed by atoms with Crippen LogP contribution < -0.4 is 16.6 Å². The number of nitrogens with one attached hydrogen (secondary N) is 2. The van der Waals surface area contributed by atoms with Crippen molar-refractivity contribution in [1.82, 2.24) is 14.9 Å². The van der Waals surface area contributed by atoms with Crippen molar-refractivity contribution >= 4 is 11.9 Å². The Hall–Kier alpha value is -3.43. The topological polar surface area (TPSA) is 130 Å². The van der Waals surface area contributed by atoms with Gasteiger partial charge in [-0.05, 0) is 24.6 Å². The van der Waals surface area contributed by atoms with Crippen LogP contribution in [0.15, 0.2) is 40.1 Å². The van der Waals surface area contributed by atoms with E-state index in [1.807, 2.05) is 0 Å². The number of amides is 1. The molecule has 1 atom stereocenters. The molecule has 2 rings (SSSR count). The van der Waals surface area contributed by atoms with E-state index in [9.17, 15) is 28.7 Å². The zero-order valence-electron chi connectivity index (χ0n) is 14.4. The van der Waals surface area contributed by atoms with E-state index in [4.69, 9.17) is 4.74 Å². The van der Waals surface area contributed by atoms with E-state index < -0.39 is 41.5 Å². The van der Waals surface area contributed by atoms with E-state index in [1.165, 1.54) is 12.1 Å². The predicted octanol–water partition coefficient (Wildman–Crippen LogP) is -0.328. The number of aromatic nitrogens is 2. The highest BCUT2D eigenvalue weighted by Gasteiger charge is 2.23. The monoisotopic (exact) mass is 379 g/mol. The molecule has 9 nitrogen and oxygen atoms in total. The first-order chi connectivity index (χ1) is 12.8. The Labute approximate surface area is 152 Å². The molecule has 1 aromatic heterocycles. The molecule has 0 fully saturated rings. The minimum absolute atomic E-state index is 0.0509. The van der Waals surface area contributed by atoms with Gasteiger partial charge >= 0.3 is 11.7 Å². The second-order valence-corrected chi connectivity index (χ2v) is 5.61. The first-order valence-electron chi connectivity index (χ1n) is 8.03. The number of aromatic amines is 1. The number of rotatable bonds is 7. The molecule has 10 heteroatoms. The standard InChI is InChI=1S/C17H18FN3O6/c1-2-27-16(25)13(7-10-3-5-11(22)6-4-10)19-14(23)9-21-8-12(18)15(24)20-17(21)26/h3-6,8,13,22H,2,7,9H2,1H3,(H,19,23)(H,20,24,26)/t13-/m1/s1. The summed E-state index contributed by atoms with van der Waals surface area (Å²) in [5, 5.41) is 11.7. The van der Waals surface area contributed by atoms with Crippen LogP contribution >= 0.6 is 0 Å². The molecule has 2 aromatic rings. The maximum absolute atomic E-state index is 13.3. The molecule has 0 spiro atoms. The van der Waals surface area contributed by atoms with Gasteiger partial charge in [0.05, 0.1) is 12.8 Å². The van der Waals surface area contributed by atoms with E-state index in [0.29, 0.717) is 16.3 Å². The first-order valence-corrected chi connectivity index (χ1v) is 8.03. The molecule has 27 heavy (non-hydrogen) atoms. The zero-order valence-corrected chi connectivity index (χ0v) is 14.4. The molecule has 0 radical (unpaired) electrons. The second kappa shape index (κ2) is 8.79. The molecule has 1 aromatic carbocycles. The van der Waals surface area contributed by atoms with Crippen molar-refractivity contribution in [3.63, 3.8) is 0 Å². The molecule has 0 aliphatic rings. The summed E-state index contributed by atoms with van der Waals surface area (Å²) in [4.78, 5) is 48.7. The largest absolute Gasteiger partial charge is 0.508 e. The smallest absolute Gasteiger partial charge is 0.328 e. The Morgan fingerprint density at radius 2 is 1.96 bits per heavy atom. The number of halogens is 1. The number of H-pyrrole nitrogens is 1. The van der Waals surface area contributed by atoms with E-state index >= 15 is 0 Å². The molecule has 0 unspecified atom stereocenters. The zero-order chi connectivity index (χ0) is 20.0. The number of carbonyl (C=O) groups is 2. The highest BCUT2D eigenvalue weighted by molar-refractivity contribution is 5.84.